The molecule has 0 saturated carbocycles. The highest BCUT2D eigenvalue weighted by Gasteiger charge is 2.45. The molecule has 2 saturated heterocycles. The van der Waals surface area contributed by atoms with Gasteiger partial charge in [-0.15, -0.1) is 0 Å². The van der Waals surface area contributed by atoms with Gasteiger partial charge in [0.2, 0.25) is 0 Å². The van der Waals surface area contributed by atoms with Gasteiger partial charge in [0, 0.05) is 32.2 Å². The number of hydrogen-bond acceptors (Lipinski definition) is 7. The summed E-state index contributed by atoms with van der Waals surface area (Å²) in [7, 11) is 0.584. The van der Waals surface area contributed by atoms with Gasteiger partial charge >= 0.3 is 6.09 Å². The van der Waals surface area contributed by atoms with Crippen molar-refractivity contribution in [1.29, 1.82) is 5.26 Å². The minimum Gasteiger partial charge on any atom is -0.448 e. The molecular weight excluding hydrogens is 506 g/mol. The number of rotatable bonds is 7. The third-order valence-corrected chi connectivity index (χ3v) is 9.90. The Kier molecular flexibility index (Phi) is 9.20. The largest absolute Gasteiger partial charge is 0.448 e. The van der Waals surface area contributed by atoms with Crippen LogP contribution in [0.25, 0.3) is 5.57 Å². The zero-order valence-corrected chi connectivity index (χ0v) is 23.0. The van der Waals surface area contributed by atoms with E-state index < -0.39 is 28.4 Å². The van der Waals surface area contributed by atoms with Gasteiger partial charge in [0.05, 0.1) is 33.8 Å². The molecule has 0 bridgehead atoms. The topological polar surface area (TPSA) is 126 Å². The molecule has 0 radical (unpaired) electrons. The third-order valence-electron chi connectivity index (χ3n) is 8.19. The van der Waals surface area contributed by atoms with Gasteiger partial charge in [-0.1, -0.05) is 12.1 Å². The van der Waals surface area contributed by atoms with E-state index in [2.05, 4.69) is 17.0 Å². The zero-order valence-electron chi connectivity index (χ0n) is 22.1. The zero-order chi connectivity index (χ0) is 27.3. The highest BCUT2D eigenvalue weighted by molar-refractivity contribution is 7.82. The lowest BCUT2D eigenvalue weighted by Gasteiger charge is -2.40. The third kappa shape index (κ3) is 6.26. The van der Waals surface area contributed by atoms with Crippen LogP contribution in [0.2, 0.25) is 0 Å². The standard InChI is InChI=1S/C27H37N5O5S/c1-20-16-21(17-28)5-6-24(20)22-7-12-32(13-8-22)38(36)19-27(25(33)29-35)9-14-31(15-10-27)26(34)37-18-23-4-3-11-30(23)2/h5-7,16,23,35H,3-4,8-15,18-19H2,1-2H3,(H,29,33). The molecule has 0 spiro atoms. The van der Waals surface area contributed by atoms with Gasteiger partial charge in [-0.2, -0.15) is 5.26 Å². The number of nitrogens with one attached hydrogen (secondary N) is 1. The fourth-order valence-electron chi connectivity index (χ4n) is 5.62. The molecule has 11 heteroatoms. The van der Waals surface area contributed by atoms with Gasteiger partial charge < -0.3 is 14.5 Å². The van der Waals surface area contributed by atoms with Gasteiger partial charge in [-0.05, 0) is 81.5 Å². The predicted octanol–water partition coefficient (Wildman–Crippen LogP) is 2.44. The molecule has 4 rings (SSSR count). The van der Waals surface area contributed by atoms with Gasteiger partial charge in [0.15, 0.2) is 0 Å². The first-order chi connectivity index (χ1) is 18.3. The van der Waals surface area contributed by atoms with Crippen molar-refractivity contribution in [3.63, 3.8) is 0 Å². The number of ether oxygens (including phenoxy) is 1. The average molecular weight is 544 g/mol. The number of nitrogens with zero attached hydrogens (tertiary/aromatic N) is 4. The molecule has 2 atom stereocenters. The lowest BCUT2D eigenvalue weighted by molar-refractivity contribution is -0.141. The van der Waals surface area contributed by atoms with E-state index in [0.717, 1.165) is 36.1 Å². The van der Waals surface area contributed by atoms with Crippen molar-refractivity contribution in [2.75, 3.05) is 52.1 Å². The minimum atomic E-state index is -1.44. The van der Waals surface area contributed by atoms with Crippen LogP contribution in [-0.4, -0.2) is 93.7 Å². The second-order valence-electron chi connectivity index (χ2n) is 10.5. The minimum absolute atomic E-state index is 0.0776. The number of amides is 2. The molecule has 2 fully saturated rings. The number of likely N-dealkylation sites (N-methyl/N-ethyl adjacent to an activating group) is 1. The summed E-state index contributed by atoms with van der Waals surface area (Å²) < 4.78 is 20.8. The van der Waals surface area contributed by atoms with Crippen LogP contribution in [-0.2, 0) is 20.5 Å². The number of hydrogen-bond donors (Lipinski definition) is 2. The second-order valence-corrected chi connectivity index (χ2v) is 12.0. The Morgan fingerprint density at radius 2 is 2.03 bits per heavy atom. The van der Waals surface area contributed by atoms with Crippen LogP contribution in [0.3, 0.4) is 0 Å². The lowest BCUT2D eigenvalue weighted by atomic mass is 9.79. The lowest BCUT2D eigenvalue weighted by Crippen LogP contribution is -2.53. The van der Waals surface area contributed by atoms with Crippen molar-refractivity contribution in [1.82, 2.24) is 19.6 Å². The van der Waals surface area contributed by atoms with Crippen LogP contribution in [0, 0.1) is 23.7 Å². The van der Waals surface area contributed by atoms with E-state index in [0.29, 0.717) is 57.6 Å². The molecular formula is C27H37N5O5S. The van der Waals surface area contributed by atoms with Crippen LogP contribution >= 0.6 is 0 Å². The van der Waals surface area contributed by atoms with Crippen LogP contribution in [0.4, 0.5) is 4.79 Å². The number of nitriles is 1. The van der Waals surface area contributed by atoms with Crippen molar-refractivity contribution in [3.8, 4) is 6.07 Å². The summed E-state index contributed by atoms with van der Waals surface area (Å²) >= 11 is 0. The molecule has 2 N–H and O–H groups in total. The second kappa shape index (κ2) is 12.4. The molecule has 0 aromatic heterocycles. The van der Waals surface area contributed by atoms with E-state index in [1.165, 1.54) is 0 Å². The van der Waals surface area contributed by atoms with Gasteiger partial charge in [0.25, 0.3) is 5.91 Å². The van der Waals surface area contributed by atoms with Crippen LogP contribution < -0.4 is 5.48 Å². The molecule has 206 valence electrons. The quantitative estimate of drug-likeness (QED) is 0.400. The maximum atomic E-state index is 13.4. The number of benzene rings is 1. The van der Waals surface area contributed by atoms with Crippen LogP contribution in [0.1, 0.15) is 48.8 Å². The number of piperidine rings is 1. The van der Waals surface area contributed by atoms with Crippen molar-refractivity contribution in [2.45, 2.75) is 45.1 Å². The normalized spacial score (nSPS) is 22.8. The van der Waals surface area contributed by atoms with Crippen molar-refractivity contribution < 1.29 is 23.7 Å². The van der Waals surface area contributed by atoms with Gasteiger partial charge in [-0.3, -0.25) is 10.0 Å². The van der Waals surface area contributed by atoms with Crippen LogP contribution in [0.5, 0.6) is 0 Å². The SMILES string of the molecule is Cc1cc(C#N)ccc1C1=CCN(S(=O)CC2(C(=O)NO)CCN(C(=O)OCC3CCCN3C)CC2)CC1. The van der Waals surface area contributed by atoms with Crippen molar-refractivity contribution in [2.24, 2.45) is 5.41 Å². The Bertz CT molecular complexity index is 1140. The average Bonchev–Trinajstić information content (AvgIpc) is 3.35. The van der Waals surface area contributed by atoms with E-state index in [1.807, 2.05) is 30.4 Å². The number of carbonyl (C=O) groups is 2. The van der Waals surface area contributed by atoms with Gasteiger partial charge in [0.1, 0.15) is 6.61 Å². The molecule has 0 aliphatic carbocycles. The monoisotopic (exact) mass is 543 g/mol. The molecule has 3 aliphatic heterocycles. The Hall–Kier alpha value is -2.78. The number of hydroxylamine groups is 1. The molecule has 10 nitrogen and oxygen atoms in total. The van der Waals surface area contributed by atoms with E-state index in [4.69, 9.17) is 10.00 Å². The Morgan fingerprint density at radius 3 is 2.61 bits per heavy atom. The molecule has 3 aliphatic rings. The maximum absolute atomic E-state index is 13.4. The summed E-state index contributed by atoms with van der Waals surface area (Å²) in [5, 5.41) is 18.6. The molecule has 3 heterocycles. The van der Waals surface area contributed by atoms with Crippen molar-refractivity contribution in [3.05, 3.63) is 41.0 Å². The highest BCUT2D eigenvalue weighted by atomic mass is 32.2. The Morgan fingerprint density at radius 1 is 1.26 bits per heavy atom. The van der Waals surface area contributed by atoms with E-state index in [1.54, 1.807) is 16.4 Å². The molecule has 2 amide bonds. The fourth-order valence-corrected chi connectivity index (χ4v) is 7.23. The number of carbonyl (C=O) groups excluding carboxylic acids is 2. The highest BCUT2D eigenvalue weighted by Crippen LogP contribution is 2.35. The number of likely N-dealkylation sites (tertiary alicyclic amines) is 2. The van der Waals surface area contributed by atoms with E-state index in [-0.39, 0.29) is 11.8 Å². The molecule has 38 heavy (non-hydrogen) atoms. The summed E-state index contributed by atoms with van der Waals surface area (Å²) in [6.45, 7) is 4.98. The summed E-state index contributed by atoms with van der Waals surface area (Å²) in [4.78, 5) is 29.2. The molecule has 1 aromatic rings. The first-order valence-electron chi connectivity index (χ1n) is 13.2. The number of aryl methyl sites for hydroxylation is 1. The van der Waals surface area contributed by atoms with Crippen molar-refractivity contribution >= 4 is 28.6 Å². The smallest absolute Gasteiger partial charge is 0.409 e. The Labute approximate surface area is 226 Å². The summed E-state index contributed by atoms with van der Waals surface area (Å²) in [5.41, 5.74) is 4.63. The van der Waals surface area contributed by atoms with E-state index in [9.17, 15) is 19.0 Å². The van der Waals surface area contributed by atoms with Crippen LogP contribution in [0.15, 0.2) is 24.3 Å². The van der Waals surface area contributed by atoms with Gasteiger partial charge in [-0.25, -0.2) is 18.8 Å². The summed E-state index contributed by atoms with van der Waals surface area (Å²) in [5.74, 6) is -0.485. The maximum Gasteiger partial charge on any atom is 0.409 e. The molecule has 2 unspecified atom stereocenters. The summed E-state index contributed by atoms with van der Waals surface area (Å²) in [6, 6.07) is 8.03. The Balaban J connectivity index is 1.34. The first kappa shape index (κ1) is 28.2. The summed E-state index contributed by atoms with van der Waals surface area (Å²) in [6.07, 6.45) is 5.06. The predicted molar refractivity (Wildman–Crippen MR) is 143 cm³/mol. The first-order valence-corrected chi connectivity index (χ1v) is 14.4. The molecule has 1 aromatic carbocycles. The fraction of sp³-hybridized carbons (Fsp3) is 0.593. The van der Waals surface area contributed by atoms with E-state index >= 15 is 0 Å².